The van der Waals surface area contributed by atoms with E-state index in [1.807, 2.05) is 23.2 Å². The summed E-state index contributed by atoms with van der Waals surface area (Å²) in [5.74, 6) is 0.994. The van der Waals surface area contributed by atoms with Crippen molar-refractivity contribution in [3.63, 3.8) is 0 Å². The molecule has 0 saturated carbocycles. The molecule has 4 heteroatoms. The standard InChI is InChI=1S/C11H11N3O/c15-10-6-9(8-4-2-1-3-5-8)14-11(10)12-7-13-14/h1-5,7,9,15H,6H2,(H,12,13). The largest absolute Gasteiger partial charge is 0.508 e. The molecule has 3 rings (SSSR count). The molecule has 2 heterocycles. The molecule has 0 fully saturated rings. The monoisotopic (exact) mass is 201 g/mol. The van der Waals surface area contributed by atoms with E-state index in [1.165, 1.54) is 5.56 Å². The van der Waals surface area contributed by atoms with Crippen LogP contribution in [0.1, 0.15) is 18.0 Å². The summed E-state index contributed by atoms with van der Waals surface area (Å²) in [6.07, 6.45) is 2.21. The van der Waals surface area contributed by atoms with Crippen LogP contribution < -0.4 is 5.43 Å². The Labute approximate surface area is 87.5 Å². The molecule has 76 valence electrons. The van der Waals surface area contributed by atoms with Crippen molar-refractivity contribution < 1.29 is 5.11 Å². The van der Waals surface area contributed by atoms with Gasteiger partial charge in [0, 0.05) is 6.42 Å². The molecule has 0 spiro atoms. The lowest BCUT2D eigenvalue weighted by molar-refractivity contribution is 0.258. The molecule has 2 aliphatic rings. The van der Waals surface area contributed by atoms with Crippen LogP contribution in [-0.2, 0) is 0 Å². The first-order chi connectivity index (χ1) is 7.36. The minimum absolute atomic E-state index is 0.142. The van der Waals surface area contributed by atoms with Crippen molar-refractivity contribution >= 4 is 6.34 Å². The fraction of sp³-hybridized carbons (Fsp3) is 0.182. The first-order valence-corrected chi connectivity index (χ1v) is 4.91. The average Bonchev–Trinajstić information content (AvgIpc) is 2.84. The Hall–Kier alpha value is -1.97. The molecule has 1 aromatic rings. The lowest BCUT2D eigenvalue weighted by atomic mass is 10.1. The zero-order valence-electron chi connectivity index (χ0n) is 8.09. The van der Waals surface area contributed by atoms with Gasteiger partial charge in [-0.25, -0.2) is 4.99 Å². The molecule has 0 amide bonds. The van der Waals surface area contributed by atoms with Gasteiger partial charge in [0.05, 0.1) is 6.04 Å². The molecular formula is C11H11N3O. The summed E-state index contributed by atoms with van der Waals surface area (Å²) < 4.78 is 0. The SMILES string of the molecule is OC1=C2N=CNN2C(c2ccccc2)C1. The van der Waals surface area contributed by atoms with E-state index < -0.39 is 0 Å². The predicted molar refractivity (Wildman–Crippen MR) is 56.9 cm³/mol. The number of hydrogen-bond donors (Lipinski definition) is 2. The van der Waals surface area contributed by atoms with Gasteiger partial charge in [-0.05, 0) is 5.56 Å². The highest BCUT2D eigenvalue weighted by Crippen LogP contribution is 2.37. The summed E-state index contributed by atoms with van der Waals surface area (Å²) in [7, 11) is 0. The first-order valence-electron chi connectivity index (χ1n) is 4.91. The van der Waals surface area contributed by atoms with Gasteiger partial charge in [0.15, 0.2) is 5.82 Å². The van der Waals surface area contributed by atoms with Crippen LogP contribution in [0.3, 0.4) is 0 Å². The lowest BCUT2D eigenvalue weighted by Gasteiger charge is -2.22. The molecule has 2 N–H and O–H groups in total. The van der Waals surface area contributed by atoms with Gasteiger partial charge in [0.1, 0.15) is 12.1 Å². The van der Waals surface area contributed by atoms with Gasteiger partial charge in [-0.15, -0.1) is 0 Å². The summed E-state index contributed by atoms with van der Waals surface area (Å²) in [4.78, 5) is 4.07. The lowest BCUT2D eigenvalue weighted by Crippen LogP contribution is -2.31. The second kappa shape index (κ2) is 3.02. The highest BCUT2D eigenvalue weighted by Gasteiger charge is 2.34. The zero-order chi connectivity index (χ0) is 10.3. The Morgan fingerprint density at radius 3 is 2.93 bits per heavy atom. The summed E-state index contributed by atoms with van der Waals surface area (Å²) >= 11 is 0. The first kappa shape index (κ1) is 8.35. The van der Waals surface area contributed by atoms with Crippen molar-refractivity contribution in [1.82, 2.24) is 10.4 Å². The maximum absolute atomic E-state index is 9.72. The number of aliphatic hydroxyl groups excluding tert-OH is 1. The number of benzene rings is 1. The minimum atomic E-state index is 0.142. The molecule has 0 aromatic heterocycles. The van der Waals surface area contributed by atoms with E-state index in [2.05, 4.69) is 22.6 Å². The van der Waals surface area contributed by atoms with Crippen LogP contribution in [-0.4, -0.2) is 16.5 Å². The van der Waals surface area contributed by atoms with Crippen LogP contribution in [0.4, 0.5) is 0 Å². The molecule has 0 radical (unpaired) electrons. The van der Waals surface area contributed by atoms with Crippen molar-refractivity contribution in [1.29, 1.82) is 0 Å². The summed E-state index contributed by atoms with van der Waals surface area (Å²) in [6, 6.07) is 10.2. The van der Waals surface area contributed by atoms with Gasteiger partial charge >= 0.3 is 0 Å². The second-order valence-corrected chi connectivity index (χ2v) is 3.66. The number of hydrazine groups is 1. The Balaban J connectivity index is 1.94. The molecule has 0 bridgehead atoms. The van der Waals surface area contributed by atoms with Gasteiger partial charge in [-0.1, -0.05) is 30.3 Å². The van der Waals surface area contributed by atoms with Crippen molar-refractivity contribution in [2.45, 2.75) is 12.5 Å². The molecule has 1 atom stereocenters. The summed E-state index contributed by atoms with van der Waals surface area (Å²) in [5.41, 5.74) is 4.20. The highest BCUT2D eigenvalue weighted by molar-refractivity contribution is 5.60. The van der Waals surface area contributed by atoms with Crippen LogP contribution in [0, 0.1) is 0 Å². The molecular weight excluding hydrogens is 190 g/mol. The van der Waals surface area contributed by atoms with Crippen molar-refractivity contribution in [3.05, 3.63) is 47.5 Å². The summed E-state index contributed by atoms with van der Waals surface area (Å²) in [5, 5.41) is 11.6. The van der Waals surface area contributed by atoms with Crippen LogP contribution in [0.5, 0.6) is 0 Å². The van der Waals surface area contributed by atoms with E-state index in [0.29, 0.717) is 18.0 Å². The van der Waals surface area contributed by atoms with Gasteiger partial charge < -0.3 is 5.11 Å². The Morgan fingerprint density at radius 1 is 1.33 bits per heavy atom. The Kier molecular flexibility index (Phi) is 1.68. The van der Waals surface area contributed by atoms with E-state index >= 15 is 0 Å². The number of nitrogens with one attached hydrogen (secondary N) is 1. The Bertz CT molecular complexity index is 438. The second-order valence-electron chi connectivity index (χ2n) is 3.66. The molecule has 15 heavy (non-hydrogen) atoms. The van der Waals surface area contributed by atoms with Crippen molar-refractivity contribution in [2.75, 3.05) is 0 Å². The van der Waals surface area contributed by atoms with Crippen molar-refractivity contribution in [3.8, 4) is 0 Å². The third-order valence-corrected chi connectivity index (χ3v) is 2.75. The van der Waals surface area contributed by atoms with E-state index in [0.717, 1.165) is 0 Å². The normalized spacial score (nSPS) is 23.2. The van der Waals surface area contributed by atoms with Crippen LogP contribution in [0.2, 0.25) is 0 Å². The molecule has 4 nitrogen and oxygen atoms in total. The Morgan fingerprint density at radius 2 is 2.13 bits per heavy atom. The quantitative estimate of drug-likeness (QED) is 0.727. The molecule has 0 aliphatic carbocycles. The van der Waals surface area contributed by atoms with E-state index in [-0.39, 0.29) is 6.04 Å². The molecule has 0 saturated heterocycles. The molecule has 1 aromatic carbocycles. The number of aliphatic imine (C=N–C) groups is 1. The van der Waals surface area contributed by atoms with Gasteiger partial charge in [-0.3, -0.25) is 10.4 Å². The fourth-order valence-electron chi connectivity index (χ4n) is 2.03. The smallest absolute Gasteiger partial charge is 0.187 e. The maximum atomic E-state index is 9.72. The predicted octanol–water partition coefficient (Wildman–Crippen LogP) is 1.71. The van der Waals surface area contributed by atoms with Crippen LogP contribution in [0.25, 0.3) is 0 Å². The van der Waals surface area contributed by atoms with E-state index in [1.54, 1.807) is 6.34 Å². The molecule has 1 unspecified atom stereocenters. The number of aliphatic hydroxyl groups is 1. The zero-order valence-corrected chi connectivity index (χ0v) is 8.09. The fourth-order valence-corrected chi connectivity index (χ4v) is 2.03. The van der Waals surface area contributed by atoms with Gasteiger partial charge in [0.25, 0.3) is 0 Å². The third-order valence-electron chi connectivity index (χ3n) is 2.75. The summed E-state index contributed by atoms with van der Waals surface area (Å²) in [6.45, 7) is 0. The average molecular weight is 201 g/mol. The van der Waals surface area contributed by atoms with Gasteiger partial charge in [0.2, 0.25) is 0 Å². The number of fused-ring (bicyclic) bond motifs is 1. The number of rotatable bonds is 1. The van der Waals surface area contributed by atoms with E-state index in [9.17, 15) is 5.11 Å². The number of nitrogens with zero attached hydrogens (tertiary/aromatic N) is 2. The third kappa shape index (κ3) is 1.18. The van der Waals surface area contributed by atoms with E-state index in [4.69, 9.17) is 0 Å². The maximum Gasteiger partial charge on any atom is 0.187 e. The minimum Gasteiger partial charge on any atom is -0.508 e. The van der Waals surface area contributed by atoms with Crippen LogP contribution in [0.15, 0.2) is 46.9 Å². The van der Waals surface area contributed by atoms with Gasteiger partial charge in [-0.2, -0.15) is 0 Å². The highest BCUT2D eigenvalue weighted by atomic mass is 16.3. The topological polar surface area (TPSA) is 47.9 Å². The number of hydrogen-bond acceptors (Lipinski definition) is 4. The molecule has 2 aliphatic heterocycles. The van der Waals surface area contributed by atoms with Crippen LogP contribution >= 0.6 is 0 Å². The van der Waals surface area contributed by atoms with Crippen molar-refractivity contribution in [2.24, 2.45) is 4.99 Å².